The molecule has 0 unspecified atom stereocenters. The Morgan fingerprint density at radius 2 is 1.85 bits per heavy atom. The Morgan fingerprint density at radius 3 is 2.54 bits per heavy atom. The average molecular weight is 372 g/mol. The monoisotopic (exact) mass is 371 g/mol. The lowest BCUT2D eigenvalue weighted by Crippen LogP contribution is -2.25. The van der Waals surface area contributed by atoms with E-state index in [1.165, 1.54) is 13.0 Å². The van der Waals surface area contributed by atoms with E-state index in [4.69, 9.17) is 11.6 Å². The summed E-state index contributed by atoms with van der Waals surface area (Å²) in [5.74, 6) is 0. The first-order valence-corrected chi connectivity index (χ1v) is 9.87. The zero-order valence-electron chi connectivity index (χ0n) is 16.1. The van der Waals surface area contributed by atoms with Gasteiger partial charge in [0.2, 0.25) is 0 Å². The fraction of sp³-hybridized carbons (Fsp3) is 0.409. The molecule has 0 fully saturated rings. The van der Waals surface area contributed by atoms with Crippen LogP contribution in [-0.2, 0) is 0 Å². The van der Waals surface area contributed by atoms with Crippen LogP contribution in [0.2, 0.25) is 5.02 Å². The third-order valence-corrected chi connectivity index (χ3v) is 4.77. The van der Waals surface area contributed by atoms with Gasteiger partial charge in [0.15, 0.2) is 0 Å². The molecular formula is C22H30ClN3. The second-order valence-electron chi connectivity index (χ2n) is 6.57. The molecule has 0 amide bonds. The van der Waals surface area contributed by atoms with Gasteiger partial charge in [0, 0.05) is 22.9 Å². The smallest absolute Gasteiger partial charge is 0.0650 e. The third-order valence-electron chi connectivity index (χ3n) is 4.52. The van der Waals surface area contributed by atoms with Gasteiger partial charge in [0.05, 0.1) is 5.69 Å². The predicted molar refractivity (Wildman–Crippen MR) is 115 cm³/mol. The number of nitrogens with zero attached hydrogens (tertiary/aromatic N) is 2. The molecule has 0 saturated carbocycles. The number of halogens is 1. The summed E-state index contributed by atoms with van der Waals surface area (Å²) in [4.78, 5) is 6.90. The van der Waals surface area contributed by atoms with Crippen molar-refractivity contribution in [2.75, 3.05) is 25.0 Å². The van der Waals surface area contributed by atoms with Crippen molar-refractivity contribution in [1.29, 1.82) is 0 Å². The van der Waals surface area contributed by atoms with Gasteiger partial charge in [-0.1, -0.05) is 43.7 Å². The van der Waals surface area contributed by atoms with Gasteiger partial charge in [-0.3, -0.25) is 4.98 Å². The first kappa shape index (κ1) is 20.5. The highest BCUT2D eigenvalue weighted by atomic mass is 35.5. The van der Waals surface area contributed by atoms with Gasteiger partial charge in [0.1, 0.15) is 0 Å². The van der Waals surface area contributed by atoms with Crippen LogP contribution < -0.4 is 5.32 Å². The Hall–Kier alpha value is -1.84. The van der Waals surface area contributed by atoms with Gasteiger partial charge in [-0.15, -0.1) is 0 Å². The maximum atomic E-state index is 5.92. The van der Waals surface area contributed by atoms with Crippen molar-refractivity contribution in [3.05, 3.63) is 58.9 Å². The van der Waals surface area contributed by atoms with Crippen molar-refractivity contribution in [2.45, 2.75) is 39.7 Å². The third kappa shape index (κ3) is 7.19. The average Bonchev–Trinajstić information content (AvgIpc) is 2.65. The van der Waals surface area contributed by atoms with E-state index in [0.29, 0.717) is 6.04 Å². The summed E-state index contributed by atoms with van der Waals surface area (Å²) in [7, 11) is 0. The van der Waals surface area contributed by atoms with Crippen LogP contribution in [0.1, 0.15) is 44.9 Å². The fourth-order valence-electron chi connectivity index (χ4n) is 2.90. The molecule has 0 bridgehead atoms. The van der Waals surface area contributed by atoms with Gasteiger partial charge < -0.3 is 10.2 Å². The van der Waals surface area contributed by atoms with E-state index in [0.717, 1.165) is 41.5 Å². The summed E-state index contributed by atoms with van der Waals surface area (Å²) >= 11 is 5.92. The zero-order chi connectivity index (χ0) is 18.8. The van der Waals surface area contributed by atoms with Gasteiger partial charge in [0.25, 0.3) is 0 Å². The summed E-state index contributed by atoms with van der Waals surface area (Å²) in [6.07, 6.45) is 8.31. The number of pyridine rings is 1. The Kier molecular flexibility index (Phi) is 8.66. The van der Waals surface area contributed by atoms with Crippen LogP contribution >= 0.6 is 11.6 Å². The number of rotatable bonds is 10. The van der Waals surface area contributed by atoms with E-state index in [9.17, 15) is 0 Å². The normalized spacial score (nSPS) is 12.7. The molecule has 1 atom stereocenters. The van der Waals surface area contributed by atoms with Gasteiger partial charge in [-0.05, 0) is 75.3 Å². The van der Waals surface area contributed by atoms with Gasteiger partial charge >= 0.3 is 0 Å². The molecule has 140 valence electrons. The second kappa shape index (κ2) is 11.0. The predicted octanol–water partition coefficient (Wildman–Crippen LogP) is 5.83. The molecule has 4 heteroatoms. The molecular weight excluding hydrogens is 342 g/mol. The Bertz CT molecular complexity index is 678. The van der Waals surface area contributed by atoms with Crippen molar-refractivity contribution < 1.29 is 0 Å². The van der Waals surface area contributed by atoms with Crippen LogP contribution in [0.3, 0.4) is 0 Å². The van der Waals surface area contributed by atoms with E-state index < -0.39 is 0 Å². The van der Waals surface area contributed by atoms with Crippen LogP contribution in [-0.4, -0.2) is 35.6 Å². The number of anilines is 1. The Labute approximate surface area is 163 Å². The summed E-state index contributed by atoms with van der Waals surface area (Å²) in [5.41, 5.74) is 3.17. The molecule has 2 aromatic rings. The SMILES string of the molecule is CCN(CC)CCC[C@H](C)Nc1ccnc(/C=C/c2ccc(Cl)cc2)c1. The number of benzene rings is 1. The molecule has 3 nitrogen and oxygen atoms in total. The maximum absolute atomic E-state index is 5.92. The molecule has 0 aliphatic rings. The molecule has 26 heavy (non-hydrogen) atoms. The molecule has 1 aromatic heterocycles. The molecule has 0 spiro atoms. The van der Waals surface area contributed by atoms with Crippen LogP contribution in [0.5, 0.6) is 0 Å². The maximum Gasteiger partial charge on any atom is 0.0650 e. The molecule has 1 heterocycles. The molecule has 0 aliphatic heterocycles. The summed E-state index contributed by atoms with van der Waals surface area (Å²) in [6, 6.07) is 12.4. The summed E-state index contributed by atoms with van der Waals surface area (Å²) < 4.78 is 0. The largest absolute Gasteiger partial charge is 0.382 e. The van der Waals surface area contributed by atoms with Gasteiger partial charge in [-0.25, -0.2) is 0 Å². The molecule has 1 N–H and O–H groups in total. The van der Waals surface area contributed by atoms with Crippen LogP contribution in [0.15, 0.2) is 42.6 Å². The number of hydrogen-bond donors (Lipinski definition) is 1. The lowest BCUT2D eigenvalue weighted by molar-refractivity contribution is 0.295. The van der Waals surface area contributed by atoms with Crippen LogP contribution in [0, 0.1) is 0 Å². The minimum Gasteiger partial charge on any atom is -0.382 e. The quantitative estimate of drug-likeness (QED) is 0.569. The van der Waals surface area contributed by atoms with Crippen molar-refractivity contribution in [3.8, 4) is 0 Å². The number of nitrogens with one attached hydrogen (secondary N) is 1. The van der Waals surface area contributed by atoms with Crippen molar-refractivity contribution in [2.24, 2.45) is 0 Å². The minimum absolute atomic E-state index is 0.445. The van der Waals surface area contributed by atoms with E-state index in [1.807, 2.05) is 42.6 Å². The molecule has 2 rings (SSSR count). The molecule has 1 aromatic carbocycles. The summed E-state index contributed by atoms with van der Waals surface area (Å²) in [6.45, 7) is 10.1. The van der Waals surface area contributed by atoms with E-state index >= 15 is 0 Å². The number of aromatic nitrogens is 1. The minimum atomic E-state index is 0.445. The topological polar surface area (TPSA) is 28.2 Å². The summed E-state index contributed by atoms with van der Waals surface area (Å²) in [5, 5.41) is 4.34. The highest BCUT2D eigenvalue weighted by molar-refractivity contribution is 6.30. The molecule has 0 aliphatic carbocycles. The fourth-order valence-corrected chi connectivity index (χ4v) is 3.03. The van der Waals surface area contributed by atoms with E-state index in [-0.39, 0.29) is 0 Å². The highest BCUT2D eigenvalue weighted by Gasteiger charge is 2.05. The van der Waals surface area contributed by atoms with E-state index in [1.54, 1.807) is 0 Å². The Morgan fingerprint density at radius 1 is 1.12 bits per heavy atom. The zero-order valence-corrected chi connectivity index (χ0v) is 16.8. The van der Waals surface area contributed by atoms with Crippen molar-refractivity contribution >= 4 is 29.4 Å². The van der Waals surface area contributed by atoms with Crippen molar-refractivity contribution in [1.82, 2.24) is 9.88 Å². The molecule has 0 saturated heterocycles. The number of hydrogen-bond acceptors (Lipinski definition) is 3. The van der Waals surface area contributed by atoms with E-state index in [2.05, 4.69) is 48.1 Å². The lowest BCUT2D eigenvalue weighted by atomic mass is 10.1. The standard InChI is InChI=1S/C22H30ClN3/c1-4-26(5-2)16-6-7-18(3)25-22-14-15-24-21(17-22)13-10-19-8-11-20(23)12-9-19/h8-15,17-18H,4-7,16H2,1-3H3,(H,24,25)/b13-10+/t18-/m0/s1. The van der Waals surface area contributed by atoms with Crippen LogP contribution in [0.4, 0.5) is 5.69 Å². The van der Waals surface area contributed by atoms with Crippen molar-refractivity contribution in [3.63, 3.8) is 0 Å². The molecule has 0 radical (unpaired) electrons. The highest BCUT2D eigenvalue weighted by Crippen LogP contribution is 2.15. The second-order valence-corrected chi connectivity index (χ2v) is 7.01. The lowest BCUT2D eigenvalue weighted by Gasteiger charge is -2.20. The van der Waals surface area contributed by atoms with Crippen LogP contribution in [0.25, 0.3) is 12.2 Å². The first-order valence-electron chi connectivity index (χ1n) is 9.49. The Balaban J connectivity index is 1.86. The van der Waals surface area contributed by atoms with Gasteiger partial charge in [-0.2, -0.15) is 0 Å². The first-order chi connectivity index (χ1) is 12.6.